The molecule has 0 saturated heterocycles. The Morgan fingerprint density at radius 2 is 0.860 bits per heavy atom. The highest BCUT2D eigenvalue weighted by atomic mass is 19.2. The van der Waals surface area contributed by atoms with Crippen molar-refractivity contribution in [2.24, 2.45) is 0 Å². The van der Waals surface area contributed by atoms with Gasteiger partial charge in [0.2, 0.25) is 0 Å². The maximum atomic E-state index is 16.0. The second-order valence-electron chi connectivity index (χ2n) is 12.3. The summed E-state index contributed by atoms with van der Waals surface area (Å²) in [5, 5.41) is 5.04. The van der Waals surface area contributed by atoms with Crippen molar-refractivity contribution in [1.29, 1.82) is 0 Å². The van der Waals surface area contributed by atoms with E-state index >= 15 is 4.39 Å². The first-order chi connectivity index (χ1) is 24.1. The fourth-order valence-corrected chi connectivity index (χ4v) is 7.48. The lowest BCUT2D eigenvalue weighted by Crippen LogP contribution is -1.97. The van der Waals surface area contributed by atoms with E-state index in [2.05, 4.69) is 0 Å². The first-order valence-corrected chi connectivity index (χ1v) is 15.4. The first-order valence-electron chi connectivity index (χ1n) is 15.4. The molecule has 0 aliphatic carbocycles. The van der Waals surface area contributed by atoms with Crippen LogP contribution in [0, 0.1) is 46.5 Å². The standard InChI is InChI=1S/C42H18F8/c43-22-7-10-28-30(17-22)37(21-15-35(47)42(50)36(48)16-21)24-3-1-2-4-25(24)39(28)26-11-12-29-32(44)18-31-23(20-13-33(45)41(49)34(46)14-20)8-5-19-6-9-27(26)40(29)38(19)31/h1-18H. The predicted molar refractivity (Wildman–Crippen MR) is 181 cm³/mol. The Labute approximate surface area is 277 Å². The number of fused-ring (bicyclic) bond motifs is 2. The van der Waals surface area contributed by atoms with Gasteiger partial charge < -0.3 is 0 Å². The molecule has 0 nitrogen and oxygen atoms in total. The van der Waals surface area contributed by atoms with Gasteiger partial charge in [-0.15, -0.1) is 0 Å². The third-order valence-corrected chi connectivity index (χ3v) is 9.55. The van der Waals surface area contributed by atoms with Gasteiger partial charge in [-0.2, -0.15) is 0 Å². The van der Waals surface area contributed by atoms with Crippen LogP contribution in [0.3, 0.4) is 0 Å². The van der Waals surface area contributed by atoms with Crippen LogP contribution in [0.5, 0.6) is 0 Å². The average Bonchev–Trinajstić information content (AvgIpc) is 3.10. The van der Waals surface area contributed by atoms with E-state index in [1.165, 1.54) is 18.2 Å². The molecular formula is C42H18F8. The van der Waals surface area contributed by atoms with E-state index in [1.54, 1.807) is 48.5 Å². The van der Waals surface area contributed by atoms with Gasteiger partial charge in [0.15, 0.2) is 34.9 Å². The van der Waals surface area contributed by atoms with E-state index in [4.69, 9.17) is 0 Å². The van der Waals surface area contributed by atoms with Gasteiger partial charge in [0.25, 0.3) is 0 Å². The van der Waals surface area contributed by atoms with Gasteiger partial charge in [-0.05, 0) is 119 Å². The minimum absolute atomic E-state index is 0.0124. The molecule has 9 aromatic rings. The van der Waals surface area contributed by atoms with Crippen molar-refractivity contribution in [2.45, 2.75) is 0 Å². The van der Waals surface area contributed by atoms with Gasteiger partial charge in [0.1, 0.15) is 11.6 Å². The van der Waals surface area contributed by atoms with Crippen molar-refractivity contribution in [1.82, 2.24) is 0 Å². The molecule has 0 spiro atoms. The molecule has 9 aromatic carbocycles. The van der Waals surface area contributed by atoms with Gasteiger partial charge in [-0.25, -0.2) is 35.1 Å². The third kappa shape index (κ3) is 4.24. The second-order valence-corrected chi connectivity index (χ2v) is 12.3. The summed E-state index contributed by atoms with van der Waals surface area (Å²) in [5.41, 5.74) is 1.89. The van der Waals surface area contributed by atoms with Crippen molar-refractivity contribution in [3.05, 3.63) is 156 Å². The van der Waals surface area contributed by atoms with Crippen molar-refractivity contribution < 1.29 is 35.1 Å². The van der Waals surface area contributed by atoms with Crippen LogP contribution >= 0.6 is 0 Å². The Bertz CT molecular complexity index is 2860. The van der Waals surface area contributed by atoms with Crippen molar-refractivity contribution >= 4 is 53.9 Å². The quantitative estimate of drug-likeness (QED) is 0.0757. The van der Waals surface area contributed by atoms with Gasteiger partial charge in [-0.3, -0.25) is 0 Å². The van der Waals surface area contributed by atoms with Gasteiger partial charge in [-0.1, -0.05) is 66.7 Å². The molecule has 0 N–H and O–H groups in total. The highest BCUT2D eigenvalue weighted by molar-refractivity contribution is 6.30. The Balaban J connectivity index is 1.41. The molecule has 0 atom stereocenters. The maximum Gasteiger partial charge on any atom is 0.194 e. The predicted octanol–water partition coefficient (Wildman–Crippen LogP) is 13.0. The molecule has 8 heteroatoms. The summed E-state index contributed by atoms with van der Waals surface area (Å²) in [6.45, 7) is 0. The molecule has 0 aromatic heterocycles. The molecule has 0 aliphatic rings. The number of benzene rings is 9. The summed E-state index contributed by atoms with van der Waals surface area (Å²) in [7, 11) is 0. The largest absolute Gasteiger partial charge is 0.207 e. The number of hydrogen-bond acceptors (Lipinski definition) is 0. The second kappa shape index (κ2) is 10.7. The molecule has 0 saturated carbocycles. The summed E-state index contributed by atoms with van der Waals surface area (Å²) < 4.78 is 117. The Morgan fingerprint density at radius 3 is 1.54 bits per heavy atom. The van der Waals surface area contributed by atoms with E-state index < -0.39 is 46.5 Å². The van der Waals surface area contributed by atoms with Crippen molar-refractivity contribution in [2.75, 3.05) is 0 Å². The molecule has 0 aliphatic heterocycles. The molecule has 0 heterocycles. The van der Waals surface area contributed by atoms with Gasteiger partial charge >= 0.3 is 0 Å². The zero-order chi connectivity index (χ0) is 34.6. The molecule has 0 amide bonds. The summed E-state index contributed by atoms with van der Waals surface area (Å²) in [4.78, 5) is 0. The fourth-order valence-electron chi connectivity index (χ4n) is 7.48. The normalized spacial score (nSPS) is 12.0. The summed E-state index contributed by atoms with van der Waals surface area (Å²) >= 11 is 0. The van der Waals surface area contributed by atoms with Crippen LogP contribution in [0.1, 0.15) is 0 Å². The summed E-state index contributed by atoms with van der Waals surface area (Å²) in [6.07, 6.45) is 0. The van der Waals surface area contributed by atoms with Crippen LogP contribution in [0.25, 0.3) is 87.2 Å². The summed E-state index contributed by atoms with van der Waals surface area (Å²) in [5.74, 6) is -9.97. The first kappa shape index (κ1) is 30.1. The highest BCUT2D eigenvalue weighted by Gasteiger charge is 2.24. The minimum Gasteiger partial charge on any atom is -0.207 e. The molecule has 0 radical (unpaired) electrons. The SMILES string of the molecule is Fc1ccc2c(-c3ccc4c(F)cc5c(-c6cc(F)c(F)c(F)c6)ccc6ccc3c4c65)c3ccccc3c(-c3cc(F)c(F)c(F)c3)c2c1. The molecule has 50 heavy (non-hydrogen) atoms. The average molecular weight is 675 g/mol. The topological polar surface area (TPSA) is 0 Å². The maximum absolute atomic E-state index is 16.0. The van der Waals surface area contributed by atoms with E-state index in [1.807, 2.05) is 18.2 Å². The molecule has 9 rings (SSSR count). The lowest BCUT2D eigenvalue weighted by molar-refractivity contribution is 0.447. The van der Waals surface area contributed by atoms with Crippen LogP contribution in [-0.4, -0.2) is 0 Å². The number of rotatable bonds is 3. The van der Waals surface area contributed by atoms with E-state index in [-0.39, 0.29) is 16.5 Å². The monoisotopic (exact) mass is 674 g/mol. The van der Waals surface area contributed by atoms with E-state index in [9.17, 15) is 30.7 Å². The van der Waals surface area contributed by atoms with E-state index in [0.717, 1.165) is 24.3 Å². The third-order valence-electron chi connectivity index (χ3n) is 9.55. The van der Waals surface area contributed by atoms with E-state index in [0.29, 0.717) is 70.7 Å². The lowest BCUT2D eigenvalue weighted by Gasteiger charge is -2.21. The number of hydrogen-bond donors (Lipinski definition) is 0. The Kier molecular flexibility index (Phi) is 6.46. The van der Waals surface area contributed by atoms with Crippen LogP contribution in [-0.2, 0) is 0 Å². The van der Waals surface area contributed by atoms with Crippen LogP contribution < -0.4 is 0 Å². The Morgan fingerprint density at radius 1 is 0.320 bits per heavy atom. The van der Waals surface area contributed by atoms with Gasteiger partial charge in [0.05, 0.1) is 0 Å². The van der Waals surface area contributed by atoms with Crippen molar-refractivity contribution in [3.8, 4) is 33.4 Å². The number of halogens is 8. The molecule has 242 valence electrons. The van der Waals surface area contributed by atoms with Gasteiger partial charge in [0, 0.05) is 10.8 Å². The summed E-state index contributed by atoms with van der Waals surface area (Å²) in [6, 6.07) is 26.3. The molecule has 0 unspecified atom stereocenters. The lowest BCUT2D eigenvalue weighted by atomic mass is 9.82. The Hall–Kier alpha value is -6.02. The zero-order valence-electron chi connectivity index (χ0n) is 25.4. The molecule has 0 fully saturated rings. The minimum atomic E-state index is -1.62. The zero-order valence-corrected chi connectivity index (χ0v) is 25.4. The fraction of sp³-hybridized carbons (Fsp3) is 0. The van der Waals surface area contributed by atoms with Crippen LogP contribution in [0.4, 0.5) is 35.1 Å². The molecular weight excluding hydrogens is 656 g/mol. The smallest absolute Gasteiger partial charge is 0.194 e. The highest BCUT2D eigenvalue weighted by Crippen LogP contribution is 2.49. The van der Waals surface area contributed by atoms with Crippen LogP contribution in [0.2, 0.25) is 0 Å². The molecule has 0 bridgehead atoms. The van der Waals surface area contributed by atoms with Crippen molar-refractivity contribution in [3.63, 3.8) is 0 Å². The van der Waals surface area contributed by atoms with Crippen LogP contribution in [0.15, 0.2) is 109 Å².